The molecule has 0 saturated carbocycles. The summed E-state index contributed by atoms with van der Waals surface area (Å²) >= 11 is 1.79. The van der Waals surface area contributed by atoms with Gasteiger partial charge in [0.2, 0.25) is 0 Å². The number of hydrogen-bond acceptors (Lipinski definition) is 3. The second kappa shape index (κ2) is 5.47. The van der Waals surface area contributed by atoms with Crippen LogP contribution >= 0.6 is 11.3 Å². The summed E-state index contributed by atoms with van der Waals surface area (Å²) in [6.45, 7) is 12.5. The van der Waals surface area contributed by atoms with Crippen molar-refractivity contribution in [2.45, 2.75) is 53.2 Å². The van der Waals surface area contributed by atoms with Gasteiger partial charge in [-0.15, -0.1) is 11.3 Å². The third kappa shape index (κ3) is 4.18. The molecule has 0 aliphatic rings. The third-order valence-electron chi connectivity index (χ3n) is 3.03. The van der Waals surface area contributed by atoms with Gasteiger partial charge in [-0.1, -0.05) is 0 Å². The number of aromatic nitrogens is 2. The van der Waals surface area contributed by atoms with Crippen LogP contribution in [-0.2, 0) is 13.1 Å². The molecule has 0 saturated heterocycles. The Morgan fingerprint density at radius 2 is 2.05 bits per heavy atom. The smallest absolute Gasteiger partial charge is 0.113 e. The maximum absolute atomic E-state index is 4.58. The zero-order chi connectivity index (χ0) is 14.0. The molecule has 104 valence electrons. The molecule has 0 aliphatic heterocycles. The molecular formula is C15H23N3S. The average Bonchev–Trinajstić information content (AvgIpc) is 2.84. The number of nitrogens with one attached hydrogen (secondary N) is 1. The van der Waals surface area contributed by atoms with E-state index in [1.165, 1.54) is 15.4 Å². The van der Waals surface area contributed by atoms with Gasteiger partial charge in [0.1, 0.15) is 5.01 Å². The van der Waals surface area contributed by atoms with Crippen LogP contribution in [0.25, 0.3) is 0 Å². The first-order valence-electron chi connectivity index (χ1n) is 6.66. The number of aryl methyl sites for hydroxylation is 2. The lowest BCUT2D eigenvalue weighted by Crippen LogP contribution is -2.34. The Hall–Kier alpha value is -1.13. The van der Waals surface area contributed by atoms with E-state index in [1.54, 1.807) is 11.3 Å². The number of nitrogens with zero attached hydrogens (tertiary/aromatic N) is 2. The zero-order valence-corrected chi connectivity index (χ0v) is 13.3. The van der Waals surface area contributed by atoms with Gasteiger partial charge in [0.25, 0.3) is 0 Å². The molecule has 0 amide bonds. The van der Waals surface area contributed by atoms with Gasteiger partial charge < -0.3 is 9.88 Å². The molecule has 2 rings (SSSR count). The zero-order valence-electron chi connectivity index (χ0n) is 12.4. The molecule has 0 fully saturated rings. The fraction of sp³-hybridized carbons (Fsp3) is 0.533. The quantitative estimate of drug-likeness (QED) is 0.927. The van der Waals surface area contributed by atoms with Gasteiger partial charge in [-0.25, -0.2) is 4.98 Å². The van der Waals surface area contributed by atoms with Crippen LogP contribution < -0.4 is 5.32 Å². The van der Waals surface area contributed by atoms with E-state index in [2.05, 4.69) is 67.9 Å². The molecule has 0 radical (unpaired) electrons. The molecule has 2 aromatic rings. The Labute approximate surface area is 119 Å². The Balaban J connectivity index is 1.97. The maximum Gasteiger partial charge on any atom is 0.113 e. The first kappa shape index (κ1) is 14.3. The van der Waals surface area contributed by atoms with Crippen molar-refractivity contribution in [2.24, 2.45) is 0 Å². The van der Waals surface area contributed by atoms with E-state index >= 15 is 0 Å². The lowest BCUT2D eigenvalue weighted by Gasteiger charge is -2.19. The highest BCUT2D eigenvalue weighted by Gasteiger charge is 2.09. The first-order chi connectivity index (χ1) is 8.83. The van der Waals surface area contributed by atoms with Crippen molar-refractivity contribution >= 4 is 11.3 Å². The van der Waals surface area contributed by atoms with Crippen molar-refractivity contribution in [3.8, 4) is 0 Å². The van der Waals surface area contributed by atoms with Crippen LogP contribution in [0.4, 0.5) is 0 Å². The van der Waals surface area contributed by atoms with Crippen molar-refractivity contribution in [1.82, 2.24) is 14.9 Å². The normalized spacial score (nSPS) is 12.1. The van der Waals surface area contributed by atoms with Crippen LogP contribution in [0.5, 0.6) is 0 Å². The summed E-state index contributed by atoms with van der Waals surface area (Å²) in [4.78, 5) is 5.90. The van der Waals surface area contributed by atoms with Gasteiger partial charge in [0.05, 0.1) is 12.2 Å². The summed E-state index contributed by atoms with van der Waals surface area (Å²) in [5.74, 6) is 0. The second-order valence-corrected chi connectivity index (χ2v) is 7.33. The van der Waals surface area contributed by atoms with Crippen LogP contribution in [0.1, 0.15) is 41.9 Å². The number of thiazole rings is 1. The van der Waals surface area contributed by atoms with Crippen LogP contribution in [0.3, 0.4) is 0 Å². The predicted molar refractivity (Wildman–Crippen MR) is 81.7 cm³/mol. The van der Waals surface area contributed by atoms with Crippen molar-refractivity contribution < 1.29 is 0 Å². The van der Waals surface area contributed by atoms with Crippen molar-refractivity contribution in [3.63, 3.8) is 0 Å². The van der Waals surface area contributed by atoms with Crippen LogP contribution in [0, 0.1) is 13.8 Å². The van der Waals surface area contributed by atoms with Crippen molar-refractivity contribution in [3.05, 3.63) is 39.6 Å². The molecule has 0 aromatic carbocycles. The molecule has 2 heterocycles. The van der Waals surface area contributed by atoms with E-state index < -0.39 is 0 Å². The number of rotatable bonds is 4. The standard InChI is InChI=1S/C15H23N3S/c1-11-12(2)19-14(17-11)10-18-7-6-13(9-18)8-16-15(3,4)5/h6-7,9,16H,8,10H2,1-5H3. The summed E-state index contributed by atoms with van der Waals surface area (Å²) in [5, 5.41) is 4.68. The SMILES string of the molecule is Cc1nc(Cn2ccc(CNC(C)(C)C)c2)sc1C. The average molecular weight is 277 g/mol. The highest BCUT2D eigenvalue weighted by atomic mass is 32.1. The highest BCUT2D eigenvalue weighted by molar-refractivity contribution is 7.11. The van der Waals surface area contributed by atoms with E-state index in [4.69, 9.17) is 0 Å². The summed E-state index contributed by atoms with van der Waals surface area (Å²) in [5.41, 5.74) is 2.63. The van der Waals surface area contributed by atoms with Crippen LogP contribution in [0.2, 0.25) is 0 Å². The van der Waals surface area contributed by atoms with E-state index in [-0.39, 0.29) is 5.54 Å². The minimum atomic E-state index is 0.158. The fourth-order valence-corrected chi connectivity index (χ4v) is 2.77. The molecule has 0 atom stereocenters. The van der Waals surface area contributed by atoms with Crippen LogP contribution in [0.15, 0.2) is 18.5 Å². The topological polar surface area (TPSA) is 29.9 Å². The fourth-order valence-electron chi connectivity index (χ4n) is 1.82. The lowest BCUT2D eigenvalue weighted by atomic mass is 10.1. The van der Waals surface area contributed by atoms with E-state index in [0.29, 0.717) is 0 Å². The van der Waals surface area contributed by atoms with E-state index in [0.717, 1.165) is 18.8 Å². The highest BCUT2D eigenvalue weighted by Crippen LogP contribution is 2.18. The lowest BCUT2D eigenvalue weighted by molar-refractivity contribution is 0.424. The molecule has 0 aliphatic carbocycles. The van der Waals surface area contributed by atoms with Gasteiger partial charge in [0, 0.05) is 29.4 Å². The summed E-state index contributed by atoms with van der Waals surface area (Å²) in [7, 11) is 0. The van der Waals surface area contributed by atoms with Gasteiger partial charge in [-0.05, 0) is 46.2 Å². The minimum absolute atomic E-state index is 0.158. The molecule has 0 bridgehead atoms. The first-order valence-corrected chi connectivity index (χ1v) is 7.48. The molecule has 2 aromatic heterocycles. The largest absolute Gasteiger partial charge is 0.347 e. The molecule has 4 heteroatoms. The molecule has 3 nitrogen and oxygen atoms in total. The van der Waals surface area contributed by atoms with E-state index in [9.17, 15) is 0 Å². The van der Waals surface area contributed by atoms with Gasteiger partial charge >= 0.3 is 0 Å². The summed E-state index contributed by atoms with van der Waals surface area (Å²) in [6.07, 6.45) is 4.33. The molecule has 1 N–H and O–H groups in total. The maximum atomic E-state index is 4.58. The monoisotopic (exact) mass is 277 g/mol. The Morgan fingerprint density at radius 3 is 2.63 bits per heavy atom. The second-order valence-electron chi connectivity index (χ2n) is 6.04. The Morgan fingerprint density at radius 1 is 1.32 bits per heavy atom. The Bertz CT molecular complexity index is 526. The van der Waals surface area contributed by atoms with Gasteiger partial charge in [0.15, 0.2) is 0 Å². The third-order valence-corrected chi connectivity index (χ3v) is 4.08. The molecule has 19 heavy (non-hydrogen) atoms. The molecule has 0 spiro atoms. The van der Waals surface area contributed by atoms with Crippen molar-refractivity contribution in [1.29, 1.82) is 0 Å². The summed E-state index contributed by atoms with van der Waals surface area (Å²) < 4.78 is 2.21. The van der Waals surface area contributed by atoms with Crippen LogP contribution in [-0.4, -0.2) is 15.1 Å². The van der Waals surface area contributed by atoms with Gasteiger partial charge in [-0.3, -0.25) is 0 Å². The molecule has 0 unspecified atom stereocenters. The van der Waals surface area contributed by atoms with Gasteiger partial charge in [-0.2, -0.15) is 0 Å². The minimum Gasteiger partial charge on any atom is -0.347 e. The summed E-state index contributed by atoms with van der Waals surface area (Å²) in [6, 6.07) is 2.17. The number of hydrogen-bond donors (Lipinski definition) is 1. The Kier molecular flexibility index (Phi) is 4.11. The predicted octanol–water partition coefficient (Wildman–Crippen LogP) is 3.50. The van der Waals surface area contributed by atoms with Crippen molar-refractivity contribution in [2.75, 3.05) is 0 Å². The molecular weight excluding hydrogens is 254 g/mol. The van der Waals surface area contributed by atoms with E-state index in [1.807, 2.05) is 0 Å².